The highest BCUT2D eigenvalue weighted by Gasteiger charge is 2.48. The number of benzene rings is 10. The molecule has 5 heteroatoms. The molecule has 98 heavy (non-hydrogen) atoms. The molecule has 10 aromatic rings. The van der Waals surface area contributed by atoms with E-state index in [1.165, 1.54) is 94.6 Å². The molecule has 0 N–H and O–H groups in total. The molecule has 2 heterocycles. The first-order valence-corrected chi connectivity index (χ1v) is 36.2. The first-order valence-electron chi connectivity index (χ1n) is 36.2. The van der Waals surface area contributed by atoms with Gasteiger partial charge in [-0.25, -0.2) is 0 Å². The first-order chi connectivity index (χ1) is 45.8. The van der Waals surface area contributed by atoms with Crippen molar-refractivity contribution in [3.8, 4) is 11.1 Å². The van der Waals surface area contributed by atoms with Crippen LogP contribution in [0.3, 0.4) is 0 Å². The van der Waals surface area contributed by atoms with Crippen LogP contribution in [0.4, 0.5) is 68.2 Å². The van der Waals surface area contributed by atoms with Crippen LogP contribution >= 0.6 is 0 Å². The average Bonchev–Trinajstić information content (AvgIpc) is 0.685. The van der Waals surface area contributed by atoms with Crippen molar-refractivity contribution in [2.45, 2.75) is 215 Å². The molecular weight excluding hydrogens is 1180 g/mol. The van der Waals surface area contributed by atoms with E-state index in [2.05, 4.69) is 385 Å². The molecule has 0 saturated carbocycles. The molecule has 4 nitrogen and oxygen atoms in total. The van der Waals surface area contributed by atoms with Gasteiger partial charge >= 0.3 is 0 Å². The summed E-state index contributed by atoms with van der Waals surface area (Å²) in [5.41, 5.74) is 31.6. The lowest BCUT2D eigenvalue weighted by Gasteiger charge is -2.48. The van der Waals surface area contributed by atoms with E-state index in [1.54, 1.807) is 0 Å². The third kappa shape index (κ3) is 12.4. The minimum Gasteiger partial charge on any atom is -0.311 e. The van der Waals surface area contributed by atoms with Crippen LogP contribution in [0.15, 0.2) is 206 Å². The number of anilines is 12. The van der Waals surface area contributed by atoms with E-state index in [-0.39, 0.29) is 50.0 Å². The largest absolute Gasteiger partial charge is 0.311 e. The maximum Gasteiger partial charge on any atom is 0.252 e. The minimum absolute atomic E-state index is 0.00799. The van der Waals surface area contributed by atoms with Gasteiger partial charge in [0.1, 0.15) is 0 Å². The molecule has 0 amide bonds. The molecule has 0 atom stereocenters. The summed E-state index contributed by atoms with van der Waals surface area (Å²) in [7, 11) is 0. The van der Waals surface area contributed by atoms with Crippen LogP contribution in [0.5, 0.6) is 0 Å². The zero-order valence-corrected chi connectivity index (χ0v) is 63.4. The molecule has 0 spiro atoms. The van der Waals surface area contributed by atoms with Crippen molar-refractivity contribution in [1.82, 2.24) is 0 Å². The van der Waals surface area contributed by atoms with Gasteiger partial charge in [-0.15, -0.1) is 0 Å². The van der Waals surface area contributed by atoms with E-state index in [4.69, 9.17) is 0 Å². The van der Waals surface area contributed by atoms with Gasteiger partial charge in [0.05, 0.1) is 11.4 Å². The van der Waals surface area contributed by atoms with Crippen LogP contribution in [0.2, 0.25) is 0 Å². The molecule has 13 rings (SSSR count). The fourth-order valence-corrected chi connectivity index (χ4v) is 15.6. The van der Waals surface area contributed by atoms with Crippen molar-refractivity contribution < 1.29 is 0 Å². The van der Waals surface area contributed by atoms with Gasteiger partial charge in [-0.05, 0) is 232 Å². The number of hydrogen-bond donors (Lipinski definition) is 0. The van der Waals surface area contributed by atoms with E-state index in [0.29, 0.717) is 0 Å². The van der Waals surface area contributed by atoms with Crippen LogP contribution in [0, 0.1) is 6.92 Å². The van der Waals surface area contributed by atoms with Crippen LogP contribution < -0.4 is 36.0 Å². The smallest absolute Gasteiger partial charge is 0.252 e. The summed E-state index contributed by atoms with van der Waals surface area (Å²) in [4.78, 5) is 10.4. The Kier molecular flexibility index (Phi) is 16.5. The fourth-order valence-electron chi connectivity index (χ4n) is 15.6. The molecule has 0 unspecified atom stereocenters. The normalized spacial score (nSPS) is 15.1. The molecule has 10 aromatic carbocycles. The highest BCUT2D eigenvalue weighted by atomic mass is 15.2. The van der Waals surface area contributed by atoms with Gasteiger partial charge in [0.25, 0.3) is 6.71 Å². The summed E-state index contributed by atoms with van der Waals surface area (Å²) < 4.78 is 0. The third-order valence-electron chi connectivity index (χ3n) is 22.0. The monoisotopic (exact) mass is 1290 g/mol. The Balaban J connectivity index is 1.20. The summed E-state index contributed by atoms with van der Waals surface area (Å²) >= 11 is 0. The zero-order valence-electron chi connectivity index (χ0n) is 63.4. The summed E-state index contributed by atoms with van der Waals surface area (Å²) in [5, 5.41) is 0. The van der Waals surface area contributed by atoms with Gasteiger partial charge in [-0.3, -0.25) is 0 Å². The Morgan fingerprint density at radius 2 is 0.653 bits per heavy atom. The van der Waals surface area contributed by atoms with Gasteiger partial charge in [0.15, 0.2) is 0 Å². The lowest BCUT2D eigenvalue weighted by Crippen LogP contribution is -2.62. The quantitative estimate of drug-likeness (QED) is 0.134. The second kappa shape index (κ2) is 23.8. The Morgan fingerprint density at radius 3 is 1.07 bits per heavy atom. The van der Waals surface area contributed by atoms with E-state index >= 15 is 0 Å². The van der Waals surface area contributed by atoms with Gasteiger partial charge in [-0.1, -0.05) is 262 Å². The SMILES string of the molecule is Cc1cc(C(C)(C)C)ccc1N1c2cc(N(c3ccc(C(C)(C)C)cc3)c3ccc(C(C)(C)C)cc3)ccc2B2c3cc4c(cc3N(c3ccc(C(C)(C)C)cc3-c3ccccc3)c3cc(N(c5ccc(C(C)(C)C)cc5)c5ccc(C(C)(C)C)cc5)cc1c32)C(C)(C)CCC4(C)C. The van der Waals surface area contributed by atoms with Gasteiger partial charge in [-0.2, -0.15) is 0 Å². The van der Waals surface area contributed by atoms with Crippen molar-refractivity contribution in [2.75, 3.05) is 19.6 Å². The summed E-state index contributed by atoms with van der Waals surface area (Å²) in [5.74, 6) is 0. The minimum atomic E-state index is -0.161. The van der Waals surface area contributed by atoms with Crippen LogP contribution in [0.1, 0.15) is 215 Å². The van der Waals surface area contributed by atoms with Gasteiger partial charge in [0.2, 0.25) is 0 Å². The molecule has 0 saturated heterocycles. The maximum atomic E-state index is 2.72. The Morgan fingerprint density at radius 1 is 0.306 bits per heavy atom. The number of hydrogen-bond acceptors (Lipinski definition) is 4. The second-order valence-electron chi connectivity index (χ2n) is 36.4. The van der Waals surface area contributed by atoms with E-state index in [1.807, 2.05) is 0 Å². The third-order valence-corrected chi connectivity index (χ3v) is 22.0. The lowest BCUT2D eigenvalue weighted by molar-refractivity contribution is 0.332. The molecule has 502 valence electrons. The van der Waals surface area contributed by atoms with Crippen LogP contribution in [0.25, 0.3) is 11.1 Å². The van der Waals surface area contributed by atoms with Crippen molar-refractivity contribution >= 4 is 91.3 Å². The van der Waals surface area contributed by atoms with Crippen molar-refractivity contribution in [2.24, 2.45) is 0 Å². The van der Waals surface area contributed by atoms with E-state index in [9.17, 15) is 0 Å². The number of fused-ring (bicyclic) bond motifs is 5. The molecule has 2 aliphatic heterocycles. The number of nitrogens with zero attached hydrogens (tertiary/aromatic N) is 4. The zero-order chi connectivity index (χ0) is 70.4. The van der Waals surface area contributed by atoms with E-state index in [0.717, 1.165) is 64.0 Å². The summed E-state index contributed by atoms with van der Waals surface area (Å²) in [6.07, 6.45) is 2.22. The number of aryl methyl sites for hydroxylation is 1. The highest BCUT2D eigenvalue weighted by molar-refractivity contribution is 7.00. The molecular formula is C93H107BN4. The standard InChI is InChI=1S/C93H107BN4/c1-60-53-66(90(14,15)16)37-49-79(60)97-81-55-72(95(68-39-29-62(30-40-68)86(2,3)4)69-41-31-63(32-42-69)87(5,6)7)47-48-77(81)94-78-58-75-76(93(22,23)52-51-92(75,20)21)59-82(78)98(80-50-38-67(91(17,18)19)54-74(80)61-27-25-24-26-28-61)84-57-73(56-83(97)85(84)94)96(70-43-33-64(34-44-70)88(8,9)10)71-45-35-65(36-46-71)89(11,12)13/h24-50,53-59H,51-52H2,1-23H3. The van der Waals surface area contributed by atoms with Crippen molar-refractivity contribution in [3.05, 3.63) is 256 Å². The molecule has 1 aliphatic carbocycles. The molecule has 3 aliphatic rings. The maximum absolute atomic E-state index is 2.72. The predicted octanol–water partition coefficient (Wildman–Crippen LogP) is 24.8. The highest BCUT2D eigenvalue weighted by Crippen LogP contribution is 2.55. The molecule has 0 bridgehead atoms. The van der Waals surface area contributed by atoms with Crippen molar-refractivity contribution in [3.63, 3.8) is 0 Å². The van der Waals surface area contributed by atoms with Gasteiger partial charge < -0.3 is 19.6 Å². The Bertz CT molecular complexity index is 4540. The summed E-state index contributed by atoms with van der Waals surface area (Å²) in [6.45, 7) is 54.0. The fraction of sp³-hybridized carbons (Fsp3) is 0.355. The number of rotatable bonds is 9. The lowest BCUT2D eigenvalue weighted by atomic mass is 9.33. The molecule has 0 fully saturated rings. The second-order valence-corrected chi connectivity index (χ2v) is 36.4. The first kappa shape index (κ1) is 68.0. The predicted molar refractivity (Wildman–Crippen MR) is 427 cm³/mol. The van der Waals surface area contributed by atoms with Gasteiger partial charge in [0, 0.05) is 62.4 Å². The van der Waals surface area contributed by atoms with Crippen molar-refractivity contribution in [1.29, 1.82) is 0 Å². The van der Waals surface area contributed by atoms with Crippen LogP contribution in [-0.4, -0.2) is 6.71 Å². The van der Waals surface area contributed by atoms with Crippen LogP contribution in [-0.2, 0) is 43.3 Å². The Hall–Kier alpha value is -8.54. The Labute approximate surface area is 590 Å². The molecule has 0 aromatic heterocycles. The van der Waals surface area contributed by atoms with E-state index < -0.39 is 0 Å². The topological polar surface area (TPSA) is 13.0 Å². The molecule has 0 radical (unpaired) electrons. The average molecular weight is 1290 g/mol. The summed E-state index contributed by atoms with van der Waals surface area (Å²) in [6, 6.07) is 81.4.